The zero-order chi connectivity index (χ0) is 17.9. The minimum Gasteiger partial charge on any atom is -0.449 e. The molecule has 0 N–H and O–H groups in total. The van der Waals surface area contributed by atoms with Crippen molar-refractivity contribution in [2.75, 3.05) is 33.8 Å². The van der Waals surface area contributed by atoms with Crippen LogP contribution in [0.15, 0.2) is 0 Å². The van der Waals surface area contributed by atoms with E-state index >= 15 is 0 Å². The molecule has 1 aliphatic rings. The lowest BCUT2D eigenvalue weighted by Gasteiger charge is -2.32. The molecule has 1 fully saturated rings. The van der Waals surface area contributed by atoms with Gasteiger partial charge in [-0.15, -0.1) is 10.2 Å². The first-order valence-electron chi connectivity index (χ1n) is 8.62. The number of likely N-dealkylation sites (tertiary alicyclic amines) is 1. The van der Waals surface area contributed by atoms with Gasteiger partial charge in [0.15, 0.2) is 0 Å². The minimum atomic E-state index is -0.217. The van der Waals surface area contributed by atoms with Gasteiger partial charge in [-0.3, -0.25) is 0 Å². The number of amides is 1. The second kappa shape index (κ2) is 7.51. The summed E-state index contributed by atoms with van der Waals surface area (Å²) in [6.07, 6.45) is 1.77. The van der Waals surface area contributed by atoms with Crippen molar-refractivity contribution in [3.63, 3.8) is 0 Å². The van der Waals surface area contributed by atoms with E-state index in [1.54, 1.807) is 4.90 Å². The maximum atomic E-state index is 12.3. The third kappa shape index (κ3) is 4.93. The summed E-state index contributed by atoms with van der Waals surface area (Å²) in [6.45, 7) is 8.78. The highest BCUT2D eigenvalue weighted by Crippen LogP contribution is 2.26. The highest BCUT2D eigenvalue weighted by atomic mass is 16.6. The van der Waals surface area contributed by atoms with Crippen molar-refractivity contribution in [1.29, 1.82) is 0 Å². The molecule has 1 atom stereocenters. The Morgan fingerprint density at radius 1 is 1.33 bits per heavy atom. The number of nitrogens with zero attached hydrogens (tertiary/aromatic N) is 5. The first kappa shape index (κ1) is 18.7. The van der Waals surface area contributed by atoms with Gasteiger partial charge in [-0.25, -0.2) is 4.79 Å². The van der Waals surface area contributed by atoms with Gasteiger partial charge in [0.2, 0.25) is 0 Å². The van der Waals surface area contributed by atoms with E-state index in [9.17, 15) is 4.79 Å². The van der Waals surface area contributed by atoms with Crippen LogP contribution in [0, 0.1) is 5.41 Å². The Bertz CT molecular complexity index is 562. The van der Waals surface area contributed by atoms with Gasteiger partial charge in [0.1, 0.15) is 11.6 Å². The molecule has 1 aromatic rings. The molecule has 0 aliphatic carbocycles. The lowest BCUT2D eigenvalue weighted by atomic mass is 9.97. The first-order valence-corrected chi connectivity index (χ1v) is 8.62. The molecule has 1 aliphatic heterocycles. The molecule has 1 saturated heterocycles. The highest BCUT2D eigenvalue weighted by Gasteiger charge is 2.29. The molecule has 1 unspecified atom stereocenters. The van der Waals surface area contributed by atoms with Crippen LogP contribution < -0.4 is 0 Å². The molecule has 7 nitrogen and oxygen atoms in total. The fourth-order valence-corrected chi connectivity index (χ4v) is 2.87. The molecule has 24 heavy (non-hydrogen) atoms. The Labute approximate surface area is 145 Å². The number of hydrogen-bond donors (Lipinski definition) is 0. The van der Waals surface area contributed by atoms with Gasteiger partial charge in [-0.2, -0.15) is 0 Å². The molecule has 1 amide bonds. The summed E-state index contributed by atoms with van der Waals surface area (Å²) in [4.78, 5) is 16.2. The van der Waals surface area contributed by atoms with Crippen molar-refractivity contribution in [2.45, 2.75) is 46.1 Å². The van der Waals surface area contributed by atoms with E-state index in [0.717, 1.165) is 37.6 Å². The Balaban J connectivity index is 2.00. The second-order valence-corrected chi connectivity index (χ2v) is 8.17. The Hall–Kier alpha value is -1.63. The van der Waals surface area contributed by atoms with Crippen molar-refractivity contribution in [2.24, 2.45) is 12.5 Å². The lowest BCUT2D eigenvalue weighted by molar-refractivity contribution is 0.0640. The van der Waals surface area contributed by atoms with E-state index in [4.69, 9.17) is 4.74 Å². The zero-order valence-corrected chi connectivity index (χ0v) is 15.9. The van der Waals surface area contributed by atoms with Crippen LogP contribution in [0.4, 0.5) is 4.79 Å². The largest absolute Gasteiger partial charge is 0.449 e. The number of hydrogen-bond acceptors (Lipinski definition) is 5. The molecule has 7 heteroatoms. The second-order valence-electron chi connectivity index (χ2n) is 8.17. The molecule has 1 aromatic heterocycles. The fourth-order valence-electron chi connectivity index (χ4n) is 2.87. The van der Waals surface area contributed by atoms with Gasteiger partial charge >= 0.3 is 6.09 Å². The van der Waals surface area contributed by atoms with Crippen LogP contribution in [0.1, 0.15) is 51.2 Å². The lowest BCUT2D eigenvalue weighted by Crippen LogP contribution is -2.41. The molecule has 0 spiro atoms. The van der Waals surface area contributed by atoms with Gasteiger partial charge in [0, 0.05) is 26.1 Å². The number of rotatable bonds is 4. The topological polar surface area (TPSA) is 63.5 Å². The van der Waals surface area contributed by atoms with E-state index in [1.165, 1.54) is 0 Å². The van der Waals surface area contributed by atoms with Gasteiger partial charge in [0.25, 0.3) is 0 Å². The summed E-state index contributed by atoms with van der Waals surface area (Å²) in [5.74, 6) is 2.12. The van der Waals surface area contributed by atoms with Gasteiger partial charge in [0.05, 0.1) is 13.2 Å². The predicted octanol–water partition coefficient (Wildman–Crippen LogP) is 2.24. The molecule has 0 radical (unpaired) electrons. The predicted molar refractivity (Wildman–Crippen MR) is 92.7 cm³/mol. The SMILES string of the molecule is CN(C)Cc1nnc(C2CCCN(C(=O)OCC(C)(C)C)C2)n1C. The van der Waals surface area contributed by atoms with Crippen LogP contribution in [0.2, 0.25) is 0 Å². The van der Waals surface area contributed by atoms with Crippen LogP contribution in [0.5, 0.6) is 0 Å². The number of piperidine rings is 1. The van der Waals surface area contributed by atoms with E-state index < -0.39 is 0 Å². The Kier molecular flexibility index (Phi) is 5.85. The normalized spacial score (nSPS) is 19.0. The van der Waals surface area contributed by atoms with Gasteiger partial charge in [-0.05, 0) is 32.4 Å². The first-order chi connectivity index (χ1) is 11.2. The molecule has 2 heterocycles. The van der Waals surface area contributed by atoms with Crippen LogP contribution >= 0.6 is 0 Å². The number of aromatic nitrogens is 3. The summed E-state index contributed by atoms with van der Waals surface area (Å²) in [6, 6.07) is 0. The maximum absolute atomic E-state index is 12.3. The number of carbonyl (C=O) groups is 1. The van der Waals surface area contributed by atoms with Crippen molar-refractivity contribution < 1.29 is 9.53 Å². The average Bonchev–Trinajstić information content (AvgIpc) is 2.85. The standard InChI is InChI=1S/C17H31N5O2/c1-17(2,3)12-24-16(23)22-9-7-8-13(10-22)15-19-18-14(21(15)6)11-20(4)5/h13H,7-12H2,1-6H3. The Morgan fingerprint density at radius 2 is 2.04 bits per heavy atom. The van der Waals surface area contributed by atoms with E-state index in [2.05, 4.69) is 40.4 Å². The average molecular weight is 337 g/mol. The third-order valence-corrected chi connectivity index (χ3v) is 4.13. The molecule has 0 bridgehead atoms. The summed E-state index contributed by atoms with van der Waals surface area (Å²) in [5.41, 5.74) is -0.0183. The summed E-state index contributed by atoms with van der Waals surface area (Å²) in [5, 5.41) is 8.69. The number of carbonyl (C=O) groups excluding carboxylic acids is 1. The van der Waals surface area contributed by atoms with Gasteiger partial charge < -0.3 is 19.1 Å². The van der Waals surface area contributed by atoms with Crippen molar-refractivity contribution >= 4 is 6.09 Å². The van der Waals surface area contributed by atoms with Crippen molar-refractivity contribution in [1.82, 2.24) is 24.6 Å². The third-order valence-electron chi connectivity index (χ3n) is 4.13. The quantitative estimate of drug-likeness (QED) is 0.843. The molecule has 136 valence electrons. The maximum Gasteiger partial charge on any atom is 0.409 e. The summed E-state index contributed by atoms with van der Waals surface area (Å²) < 4.78 is 7.52. The molecule has 0 saturated carbocycles. The van der Waals surface area contributed by atoms with Gasteiger partial charge in [-0.1, -0.05) is 20.8 Å². The number of ether oxygens (including phenoxy) is 1. The van der Waals surface area contributed by atoms with Crippen LogP contribution in [0.25, 0.3) is 0 Å². The summed E-state index contributed by atoms with van der Waals surface area (Å²) in [7, 11) is 6.04. The minimum absolute atomic E-state index is 0.0183. The smallest absolute Gasteiger partial charge is 0.409 e. The highest BCUT2D eigenvalue weighted by molar-refractivity contribution is 5.67. The van der Waals surface area contributed by atoms with Crippen LogP contribution in [0.3, 0.4) is 0 Å². The van der Waals surface area contributed by atoms with E-state index in [-0.39, 0.29) is 17.4 Å². The van der Waals surface area contributed by atoms with Crippen molar-refractivity contribution in [3.8, 4) is 0 Å². The van der Waals surface area contributed by atoms with Crippen LogP contribution in [-0.4, -0.2) is 64.4 Å². The van der Waals surface area contributed by atoms with Crippen LogP contribution in [-0.2, 0) is 18.3 Å². The summed E-state index contributed by atoms with van der Waals surface area (Å²) >= 11 is 0. The Morgan fingerprint density at radius 3 is 2.67 bits per heavy atom. The van der Waals surface area contributed by atoms with Crippen molar-refractivity contribution in [3.05, 3.63) is 11.6 Å². The molecule has 2 rings (SSSR count). The molecule has 0 aromatic carbocycles. The monoisotopic (exact) mass is 337 g/mol. The van der Waals surface area contributed by atoms with E-state index in [0.29, 0.717) is 13.2 Å². The zero-order valence-electron chi connectivity index (χ0n) is 15.9. The van der Waals surface area contributed by atoms with E-state index in [1.807, 2.05) is 21.1 Å². The molecular weight excluding hydrogens is 306 g/mol. The molecular formula is C17H31N5O2. The fraction of sp³-hybridized carbons (Fsp3) is 0.824.